The smallest absolute Gasteiger partial charge is 0.274 e. The zero-order valence-electron chi connectivity index (χ0n) is 14.7. The number of thiophene rings is 1. The molecule has 0 saturated carbocycles. The molecule has 0 spiro atoms. The van der Waals surface area contributed by atoms with E-state index in [9.17, 15) is 9.59 Å². The van der Waals surface area contributed by atoms with Gasteiger partial charge in [-0.15, -0.1) is 11.3 Å². The summed E-state index contributed by atoms with van der Waals surface area (Å²) in [4.78, 5) is 32.2. The zero-order chi connectivity index (χ0) is 18.6. The monoisotopic (exact) mass is 435 g/mol. The highest BCUT2D eigenvalue weighted by Gasteiger charge is 2.25. The number of nitrogens with zero attached hydrogens (tertiary/aromatic N) is 4. The molecule has 3 heterocycles. The maximum Gasteiger partial charge on any atom is 0.291 e. The Balaban J connectivity index is 1.79. The Morgan fingerprint density at radius 3 is 2.92 bits per heavy atom. The van der Waals surface area contributed by atoms with E-state index in [0.29, 0.717) is 21.6 Å². The lowest BCUT2D eigenvalue weighted by molar-refractivity contribution is 0.1000. The Labute approximate surface area is 162 Å². The second kappa shape index (κ2) is 6.31. The van der Waals surface area contributed by atoms with Crippen LogP contribution < -0.4 is 11.0 Å². The van der Waals surface area contributed by atoms with Crippen LogP contribution in [-0.2, 0) is 19.9 Å². The van der Waals surface area contributed by atoms with E-state index in [1.807, 2.05) is 0 Å². The second-order valence-electron chi connectivity index (χ2n) is 6.77. The maximum atomic E-state index is 13.1. The normalized spacial score (nSPS) is 16.7. The van der Waals surface area contributed by atoms with Crippen molar-refractivity contribution < 1.29 is 4.79 Å². The third kappa shape index (κ3) is 2.79. The lowest BCUT2D eigenvalue weighted by Gasteiger charge is -2.17. The number of halogens is 1. The summed E-state index contributed by atoms with van der Waals surface area (Å²) in [6.45, 7) is 3.95. The maximum absolute atomic E-state index is 13.1. The molecule has 0 unspecified atom stereocenters. The lowest BCUT2D eigenvalue weighted by atomic mass is 9.89. The predicted molar refractivity (Wildman–Crippen MR) is 104 cm³/mol. The number of aromatic nitrogens is 4. The SMILES string of the molecule is Cc1nc2sc3c(c2c(=O)n1NC(=O)c1nn(C)cc1Br)CC[C@H](C)C3. The summed E-state index contributed by atoms with van der Waals surface area (Å²) in [6, 6.07) is 0. The summed E-state index contributed by atoms with van der Waals surface area (Å²) in [5, 5.41) is 4.76. The summed E-state index contributed by atoms with van der Waals surface area (Å²) in [5.74, 6) is 0.621. The number of fused-ring (bicyclic) bond motifs is 3. The molecule has 1 aliphatic rings. The Bertz CT molecular complexity index is 1100. The van der Waals surface area contributed by atoms with Crippen LogP contribution in [0.5, 0.6) is 0 Å². The fourth-order valence-corrected chi connectivity index (χ4v) is 5.37. The largest absolute Gasteiger partial charge is 0.291 e. The summed E-state index contributed by atoms with van der Waals surface area (Å²) in [7, 11) is 1.73. The van der Waals surface area contributed by atoms with E-state index in [1.165, 1.54) is 14.2 Å². The van der Waals surface area contributed by atoms with Gasteiger partial charge in [0.2, 0.25) is 0 Å². The van der Waals surface area contributed by atoms with Gasteiger partial charge in [-0.05, 0) is 53.6 Å². The molecular weight excluding hydrogens is 418 g/mol. The van der Waals surface area contributed by atoms with Crippen LogP contribution >= 0.6 is 27.3 Å². The van der Waals surface area contributed by atoms with Gasteiger partial charge in [-0.1, -0.05) is 6.92 Å². The van der Waals surface area contributed by atoms with Crippen LogP contribution in [-0.4, -0.2) is 25.3 Å². The highest BCUT2D eigenvalue weighted by Crippen LogP contribution is 2.35. The third-order valence-corrected chi connectivity index (χ3v) is 6.44. The van der Waals surface area contributed by atoms with E-state index in [0.717, 1.165) is 29.7 Å². The third-order valence-electron chi connectivity index (χ3n) is 4.71. The van der Waals surface area contributed by atoms with E-state index < -0.39 is 5.91 Å². The van der Waals surface area contributed by atoms with Crippen molar-refractivity contribution >= 4 is 43.4 Å². The van der Waals surface area contributed by atoms with Gasteiger partial charge in [0.15, 0.2) is 5.69 Å². The summed E-state index contributed by atoms with van der Waals surface area (Å²) < 4.78 is 3.34. The van der Waals surface area contributed by atoms with Gasteiger partial charge >= 0.3 is 0 Å². The number of carbonyl (C=O) groups is 1. The molecule has 1 atom stereocenters. The number of hydrogen-bond donors (Lipinski definition) is 1. The van der Waals surface area contributed by atoms with Crippen molar-refractivity contribution in [3.05, 3.63) is 43.0 Å². The highest BCUT2D eigenvalue weighted by molar-refractivity contribution is 9.10. The van der Waals surface area contributed by atoms with Gasteiger partial charge in [0.05, 0.1) is 9.86 Å². The molecule has 0 aliphatic heterocycles. The van der Waals surface area contributed by atoms with E-state index in [2.05, 4.69) is 38.4 Å². The van der Waals surface area contributed by atoms with E-state index in [4.69, 9.17) is 0 Å². The van der Waals surface area contributed by atoms with Gasteiger partial charge in [-0.3, -0.25) is 19.7 Å². The van der Waals surface area contributed by atoms with Crippen molar-refractivity contribution in [1.82, 2.24) is 19.4 Å². The van der Waals surface area contributed by atoms with Gasteiger partial charge in [0, 0.05) is 18.1 Å². The average Bonchev–Trinajstić information content (AvgIpc) is 3.09. The topological polar surface area (TPSA) is 81.8 Å². The van der Waals surface area contributed by atoms with Crippen LogP contribution in [0.15, 0.2) is 15.5 Å². The molecule has 26 heavy (non-hydrogen) atoms. The van der Waals surface area contributed by atoms with Crippen LogP contribution in [0.4, 0.5) is 0 Å². The first-order valence-corrected chi connectivity index (χ1v) is 10.0. The minimum atomic E-state index is -0.457. The summed E-state index contributed by atoms with van der Waals surface area (Å²) in [5.41, 5.74) is 3.75. The minimum absolute atomic E-state index is 0.222. The first kappa shape index (κ1) is 17.4. The molecule has 136 valence electrons. The molecule has 0 aromatic carbocycles. The molecule has 0 bridgehead atoms. The van der Waals surface area contributed by atoms with E-state index >= 15 is 0 Å². The number of hydrogen-bond acceptors (Lipinski definition) is 5. The number of rotatable bonds is 2. The van der Waals surface area contributed by atoms with Gasteiger partial charge < -0.3 is 0 Å². The Kier molecular flexibility index (Phi) is 4.23. The molecular formula is C17H18BrN5O2S. The van der Waals surface area contributed by atoms with Gasteiger partial charge in [0.1, 0.15) is 10.7 Å². The lowest BCUT2D eigenvalue weighted by Crippen LogP contribution is -2.36. The molecule has 1 aliphatic carbocycles. The van der Waals surface area contributed by atoms with Crippen molar-refractivity contribution in [1.29, 1.82) is 0 Å². The van der Waals surface area contributed by atoms with Crippen LogP contribution in [0, 0.1) is 12.8 Å². The molecule has 0 radical (unpaired) electrons. The minimum Gasteiger partial charge on any atom is -0.274 e. The Morgan fingerprint density at radius 2 is 2.23 bits per heavy atom. The zero-order valence-corrected chi connectivity index (χ0v) is 17.1. The Morgan fingerprint density at radius 1 is 1.46 bits per heavy atom. The van der Waals surface area contributed by atoms with Gasteiger partial charge in [-0.2, -0.15) is 5.10 Å². The molecule has 3 aromatic rings. The van der Waals surface area contributed by atoms with Crippen LogP contribution in [0.2, 0.25) is 0 Å². The molecule has 3 aromatic heterocycles. The number of amides is 1. The summed E-state index contributed by atoms with van der Waals surface area (Å²) in [6.07, 6.45) is 4.63. The molecule has 1 N–H and O–H groups in total. The molecule has 7 nitrogen and oxygen atoms in total. The fraction of sp³-hybridized carbons (Fsp3) is 0.412. The van der Waals surface area contributed by atoms with Crippen molar-refractivity contribution in [3.8, 4) is 0 Å². The number of carbonyl (C=O) groups excluding carboxylic acids is 1. The molecule has 4 rings (SSSR count). The quantitative estimate of drug-likeness (QED) is 0.670. The van der Waals surface area contributed by atoms with E-state index in [1.54, 1.807) is 31.5 Å². The van der Waals surface area contributed by atoms with Gasteiger partial charge in [0.25, 0.3) is 11.5 Å². The number of aryl methyl sites for hydroxylation is 3. The summed E-state index contributed by atoms with van der Waals surface area (Å²) >= 11 is 4.91. The predicted octanol–water partition coefficient (Wildman–Crippen LogP) is 2.77. The van der Waals surface area contributed by atoms with Crippen LogP contribution in [0.3, 0.4) is 0 Å². The van der Waals surface area contributed by atoms with Gasteiger partial charge in [-0.25, -0.2) is 9.66 Å². The first-order chi connectivity index (χ1) is 12.3. The van der Waals surface area contributed by atoms with Crippen molar-refractivity contribution in [2.45, 2.75) is 33.1 Å². The first-order valence-electron chi connectivity index (χ1n) is 8.39. The van der Waals surface area contributed by atoms with Crippen LogP contribution in [0.1, 0.15) is 40.1 Å². The standard InChI is InChI=1S/C17H18BrN5O2S/c1-8-4-5-10-12(6-8)26-16-13(10)17(25)23(9(2)19-16)21-15(24)14-11(18)7-22(3)20-14/h7-8H,4-6H2,1-3H3,(H,21,24)/t8-/m0/s1. The second-order valence-corrected chi connectivity index (χ2v) is 8.71. The van der Waals surface area contributed by atoms with Crippen molar-refractivity contribution in [3.63, 3.8) is 0 Å². The van der Waals surface area contributed by atoms with E-state index in [-0.39, 0.29) is 11.3 Å². The Hall–Kier alpha value is -2.00. The van der Waals surface area contributed by atoms with Crippen molar-refractivity contribution in [2.24, 2.45) is 13.0 Å². The van der Waals surface area contributed by atoms with Crippen LogP contribution in [0.25, 0.3) is 10.2 Å². The molecule has 0 fully saturated rings. The highest BCUT2D eigenvalue weighted by atomic mass is 79.9. The molecule has 9 heteroatoms. The molecule has 1 amide bonds. The molecule has 0 saturated heterocycles. The van der Waals surface area contributed by atoms with Crippen molar-refractivity contribution in [2.75, 3.05) is 5.43 Å². The average molecular weight is 436 g/mol. The number of nitrogens with one attached hydrogen (secondary N) is 1. The fourth-order valence-electron chi connectivity index (χ4n) is 3.39.